The average Bonchev–Trinajstić information content (AvgIpc) is 1.79. The zero-order chi connectivity index (χ0) is 9.78. The van der Waals surface area contributed by atoms with Crippen LogP contribution in [0.5, 0.6) is 0 Å². The number of carbonyl (C=O) groups is 2. The van der Waals surface area contributed by atoms with Gasteiger partial charge in [0.2, 0.25) is 0 Å². The fraction of sp³-hybridized carbons (Fsp3) is 0.667. The highest BCUT2D eigenvalue weighted by Crippen LogP contribution is 1.98. The summed E-state index contributed by atoms with van der Waals surface area (Å²) < 4.78 is 0. The molecule has 0 aromatic rings. The first-order chi connectivity index (χ1) is 5.31. The SMILES string of the molecule is CC(C)(C)NC(=O)N=NC(N)=O. The molecule has 12 heavy (non-hydrogen) atoms. The van der Waals surface area contributed by atoms with E-state index in [1.54, 1.807) is 20.8 Å². The number of hydrogen-bond donors (Lipinski definition) is 2. The smallest absolute Gasteiger partial charge is 0.348 e. The van der Waals surface area contributed by atoms with Crippen molar-refractivity contribution in [3.05, 3.63) is 0 Å². The summed E-state index contributed by atoms with van der Waals surface area (Å²) in [7, 11) is 0. The highest BCUT2D eigenvalue weighted by Gasteiger charge is 2.12. The Morgan fingerprint density at radius 2 is 1.75 bits per heavy atom. The molecule has 0 aliphatic carbocycles. The van der Waals surface area contributed by atoms with E-state index in [0.29, 0.717) is 0 Å². The van der Waals surface area contributed by atoms with Crippen LogP contribution < -0.4 is 11.1 Å². The second-order valence-electron chi connectivity index (χ2n) is 3.22. The van der Waals surface area contributed by atoms with Crippen molar-refractivity contribution in [1.82, 2.24) is 5.32 Å². The van der Waals surface area contributed by atoms with Gasteiger partial charge in [-0.15, -0.1) is 0 Å². The van der Waals surface area contributed by atoms with Crippen molar-refractivity contribution in [3.63, 3.8) is 0 Å². The number of hydrogen-bond acceptors (Lipinski definition) is 2. The van der Waals surface area contributed by atoms with Crippen molar-refractivity contribution >= 4 is 12.1 Å². The molecular weight excluding hydrogens is 160 g/mol. The minimum Gasteiger partial charge on any atom is -0.348 e. The van der Waals surface area contributed by atoms with E-state index in [-0.39, 0.29) is 0 Å². The number of urea groups is 2. The van der Waals surface area contributed by atoms with E-state index in [1.165, 1.54) is 0 Å². The lowest BCUT2D eigenvalue weighted by atomic mass is 10.1. The maximum absolute atomic E-state index is 10.8. The molecule has 0 unspecified atom stereocenters. The molecule has 3 N–H and O–H groups in total. The third-order valence-corrected chi connectivity index (χ3v) is 0.721. The third-order valence-electron chi connectivity index (χ3n) is 0.721. The molecule has 6 heteroatoms. The molecule has 0 saturated heterocycles. The van der Waals surface area contributed by atoms with Crippen LogP contribution in [0, 0.1) is 0 Å². The van der Waals surface area contributed by atoms with Gasteiger partial charge in [0, 0.05) is 5.54 Å². The lowest BCUT2D eigenvalue weighted by Crippen LogP contribution is -2.38. The maximum Gasteiger partial charge on any atom is 0.360 e. The first-order valence-corrected chi connectivity index (χ1v) is 3.34. The summed E-state index contributed by atoms with van der Waals surface area (Å²) in [4.78, 5) is 20.8. The van der Waals surface area contributed by atoms with E-state index in [4.69, 9.17) is 0 Å². The van der Waals surface area contributed by atoms with Crippen LogP contribution in [0.25, 0.3) is 0 Å². The van der Waals surface area contributed by atoms with Crippen molar-refractivity contribution in [2.45, 2.75) is 26.3 Å². The van der Waals surface area contributed by atoms with Crippen molar-refractivity contribution in [3.8, 4) is 0 Å². The Kier molecular flexibility index (Phi) is 3.33. The summed E-state index contributed by atoms with van der Waals surface area (Å²) in [5.41, 5.74) is 4.23. The molecule has 0 aromatic carbocycles. The van der Waals surface area contributed by atoms with Gasteiger partial charge in [0.05, 0.1) is 0 Å². The molecule has 0 bridgehead atoms. The topological polar surface area (TPSA) is 96.9 Å². The predicted octanol–water partition coefficient (Wildman–Crippen LogP) is 1.03. The highest BCUT2D eigenvalue weighted by atomic mass is 16.2. The molecular formula is C6H12N4O2. The predicted molar refractivity (Wildman–Crippen MR) is 42.7 cm³/mol. The number of amides is 4. The Labute approximate surface area is 70.2 Å². The van der Waals surface area contributed by atoms with Crippen LogP contribution in [-0.2, 0) is 0 Å². The zero-order valence-corrected chi connectivity index (χ0v) is 7.29. The zero-order valence-electron chi connectivity index (χ0n) is 7.29. The standard InChI is InChI=1S/C6H12N4O2/c1-6(2,3)8-5(12)10-9-4(7)11/h1-3H3,(H2,7,11)(H,8,12). The fourth-order valence-corrected chi connectivity index (χ4v) is 0.440. The molecule has 0 aliphatic rings. The molecule has 0 fully saturated rings. The van der Waals surface area contributed by atoms with Crippen LogP contribution in [0.4, 0.5) is 9.59 Å². The maximum atomic E-state index is 10.8. The van der Waals surface area contributed by atoms with Crippen LogP contribution >= 0.6 is 0 Å². The van der Waals surface area contributed by atoms with Crippen LogP contribution in [-0.4, -0.2) is 17.6 Å². The second kappa shape index (κ2) is 3.80. The molecule has 0 aliphatic heterocycles. The van der Waals surface area contributed by atoms with Gasteiger partial charge in [0.25, 0.3) is 0 Å². The molecule has 0 saturated carbocycles. The van der Waals surface area contributed by atoms with Crippen LogP contribution in [0.1, 0.15) is 20.8 Å². The van der Waals surface area contributed by atoms with Crippen LogP contribution in [0.15, 0.2) is 10.2 Å². The van der Waals surface area contributed by atoms with E-state index in [9.17, 15) is 9.59 Å². The van der Waals surface area contributed by atoms with Crippen LogP contribution in [0.3, 0.4) is 0 Å². The second-order valence-corrected chi connectivity index (χ2v) is 3.22. The Morgan fingerprint density at radius 3 is 2.08 bits per heavy atom. The van der Waals surface area contributed by atoms with Gasteiger partial charge in [-0.1, -0.05) is 10.2 Å². The van der Waals surface area contributed by atoms with Crippen molar-refractivity contribution < 1.29 is 9.59 Å². The minimum absolute atomic E-state index is 0.395. The van der Waals surface area contributed by atoms with Gasteiger partial charge in [-0.05, 0) is 20.8 Å². The van der Waals surface area contributed by atoms with Gasteiger partial charge in [-0.25, -0.2) is 9.59 Å². The fourth-order valence-electron chi connectivity index (χ4n) is 0.440. The summed E-state index contributed by atoms with van der Waals surface area (Å²) in [5, 5.41) is 8.34. The van der Waals surface area contributed by atoms with Crippen molar-refractivity contribution in [1.29, 1.82) is 0 Å². The Bertz CT molecular complexity index is 216. The van der Waals surface area contributed by atoms with E-state index < -0.39 is 17.6 Å². The monoisotopic (exact) mass is 172 g/mol. The molecule has 0 heterocycles. The molecule has 6 nitrogen and oxygen atoms in total. The number of nitrogens with one attached hydrogen (secondary N) is 1. The van der Waals surface area contributed by atoms with Gasteiger partial charge >= 0.3 is 12.1 Å². The quantitative estimate of drug-likeness (QED) is 0.533. The highest BCUT2D eigenvalue weighted by molar-refractivity contribution is 5.78. The largest absolute Gasteiger partial charge is 0.360 e. The summed E-state index contributed by atoms with van der Waals surface area (Å²) in [6.07, 6.45) is 0. The summed E-state index contributed by atoms with van der Waals surface area (Å²) in [6, 6.07) is -1.67. The Morgan fingerprint density at radius 1 is 1.25 bits per heavy atom. The number of nitrogens with two attached hydrogens (primary N) is 1. The Balaban J connectivity index is 3.99. The van der Waals surface area contributed by atoms with E-state index in [0.717, 1.165) is 0 Å². The minimum atomic E-state index is -0.987. The van der Waals surface area contributed by atoms with Gasteiger partial charge in [-0.2, -0.15) is 0 Å². The third kappa shape index (κ3) is 6.66. The summed E-state index contributed by atoms with van der Waals surface area (Å²) >= 11 is 0. The van der Waals surface area contributed by atoms with Gasteiger partial charge in [0.1, 0.15) is 0 Å². The van der Waals surface area contributed by atoms with Crippen LogP contribution in [0.2, 0.25) is 0 Å². The summed E-state index contributed by atoms with van der Waals surface area (Å²) in [5.74, 6) is 0. The molecule has 0 spiro atoms. The Hall–Kier alpha value is -1.46. The molecule has 0 radical (unpaired) electrons. The van der Waals surface area contributed by atoms with E-state index >= 15 is 0 Å². The number of azo groups is 1. The summed E-state index contributed by atoms with van der Waals surface area (Å²) in [6.45, 7) is 5.35. The number of primary amides is 1. The van der Waals surface area contributed by atoms with Gasteiger partial charge < -0.3 is 11.1 Å². The van der Waals surface area contributed by atoms with Gasteiger partial charge in [-0.3, -0.25) is 0 Å². The van der Waals surface area contributed by atoms with E-state index in [1.807, 2.05) is 0 Å². The van der Waals surface area contributed by atoms with E-state index in [2.05, 4.69) is 21.3 Å². The number of carbonyl (C=O) groups excluding carboxylic acids is 2. The molecule has 68 valence electrons. The molecule has 4 amide bonds. The van der Waals surface area contributed by atoms with Crippen molar-refractivity contribution in [2.75, 3.05) is 0 Å². The molecule has 0 aromatic heterocycles. The number of rotatable bonds is 0. The molecule has 0 rings (SSSR count). The lowest BCUT2D eigenvalue weighted by molar-refractivity contribution is 0.237. The number of nitrogens with zero attached hydrogens (tertiary/aromatic N) is 2. The van der Waals surface area contributed by atoms with Gasteiger partial charge in [0.15, 0.2) is 0 Å². The lowest BCUT2D eigenvalue weighted by Gasteiger charge is -2.17. The first-order valence-electron chi connectivity index (χ1n) is 3.34. The van der Waals surface area contributed by atoms with Crippen molar-refractivity contribution in [2.24, 2.45) is 16.0 Å². The first kappa shape index (κ1) is 10.5. The molecule has 0 atom stereocenters. The average molecular weight is 172 g/mol. The normalized spacial score (nSPS) is 11.6.